The average Bonchev–Trinajstić information content (AvgIpc) is 3.15. The highest BCUT2D eigenvalue weighted by molar-refractivity contribution is 8.19. The number of hydrogen-bond donors (Lipinski definition) is 2. The fourth-order valence-electron chi connectivity index (χ4n) is 2.74. The van der Waals surface area contributed by atoms with Gasteiger partial charge in [0.1, 0.15) is 11.2 Å². The molecule has 0 fully saturated rings. The third kappa shape index (κ3) is 2.55. The van der Waals surface area contributed by atoms with Gasteiger partial charge in [-0.1, -0.05) is 42.5 Å². The Labute approximate surface area is 138 Å². The lowest BCUT2D eigenvalue weighted by Gasteiger charge is -2.14. The summed E-state index contributed by atoms with van der Waals surface area (Å²) in [6.07, 6.45) is 1.99. The second kappa shape index (κ2) is 5.62. The van der Waals surface area contributed by atoms with Gasteiger partial charge >= 0.3 is 0 Å². The van der Waals surface area contributed by atoms with Crippen molar-refractivity contribution < 1.29 is 4.79 Å². The molecular weight excluding hydrogens is 308 g/mol. The smallest absolute Gasteiger partial charge is 0.279 e. The van der Waals surface area contributed by atoms with Gasteiger partial charge in [-0.3, -0.25) is 4.79 Å². The topological polar surface area (TPSA) is 56.7 Å². The van der Waals surface area contributed by atoms with Crippen LogP contribution in [0.1, 0.15) is 12.5 Å². The molecule has 1 atom stereocenters. The van der Waals surface area contributed by atoms with Crippen molar-refractivity contribution in [3.8, 4) is 0 Å². The first-order valence-corrected chi connectivity index (χ1v) is 8.31. The molecular formula is C17H16N4OS. The standard InChI is InChI=1S/C17H16N4OS/c1-11-18-10-15-21(11)20-17(23-15)16(22)19-9-13-7-4-6-12-5-2-3-8-14(12)13/h2-8,10-11,18H,9H2,1H3,(H,19,22). The number of rotatable bonds is 3. The molecule has 0 aromatic heterocycles. The Morgan fingerprint density at radius 1 is 1.30 bits per heavy atom. The number of benzene rings is 2. The van der Waals surface area contributed by atoms with Crippen LogP contribution < -0.4 is 10.6 Å². The fraction of sp³-hybridized carbons (Fsp3) is 0.176. The van der Waals surface area contributed by atoms with Crippen LogP contribution in [0.4, 0.5) is 0 Å². The SMILES string of the molecule is CC1NC=C2SC(C(=O)NCc3cccc4ccccc34)=NN21. The minimum atomic E-state index is -0.134. The molecule has 0 aliphatic carbocycles. The summed E-state index contributed by atoms with van der Waals surface area (Å²) >= 11 is 1.39. The summed E-state index contributed by atoms with van der Waals surface area (Å²) in [7, 11) is 0. The molecule has 0 saturated heterocycles. The number of nitrogens with one attached hydrogen (secondary N) is 2. The van der Waals surface area contributed by atoms with E-state index in [1.165, 1.54) is 17.1 Å². The average molecular weight is 324 g/mol. The van der Waals surface area contributed by atoms with E-state index in [0.717, 1.165) is 16.0 Å². The second-order valence-electron chi connectivity index (χ2n) is 5.50. The van der Waals surface area contributed by atoms with Gasteiger partial charge < -0.3 is 10.6 Å². The van der Waals surface area contributed by atoms with Crippen molar-refractivity contribution in [2.75, 3.05) is 0 Å². The summed E-state index contributed by atoms with van der Waals surface area (Å²) in [5.41, 5.74) is 1.11. The molecule has 0 spiro atoms. The normalized spacial score (nSPS) is 19.2. The summed E-state index contributed by atoms with van der Waals surface area (Å²) < 4.78 is 0. The third-order valence-corrected chi connectivity index (χ3v) is 4.93. The van der Waals surface area contributed by atoms with Gasteiger partial charge in [0.15, 0.2) is 5.04 Å². The summed E-state index contributed by atoms with van der Waals surface area (Å²) in [6, 6.07) is 14.3. The quantitative estimate of drug-likeness (QED) is 0.911. The van der Waals surface area contributed by atoms with Crippen LogP contribution in [0.15, 0.2) is 58.8 Å². The zero-order valence-electron chi connectivity index (χ0n) is 12.6. The third-order valence-electron chi connectivity index (χ3n) is 3.95. The molecule has 0 saturated carbocycles. The maximum atomic E-state index is 12.4. The van der Waals surface area contributed by atoms with Gasteiger partial charge in [0.25, 0.3) is 5.91 Å². The van der Waals surface area contributed by atoms with Crippen LogP contribution >= 0.6 is 11.8 Å². The summed E-state index contributed by atoms with van der Waals surface area (Å²) in [4.78, 5) is 12.4. The van der Waals surface area contributed by atoms with E-state index < -0.39 is 0 Å². The van der Waals surface area contributed by atoms with E-state index in [-0.39, 0.29) is 12.1 Å². The van der Waals surface area contributed by atoms with Gasteiger partial charge in [-0.25, -0.2) is 5.01 Å². The molecule has 4 rings (SSSR count). The van der Waals surface area contributed by atoms with Crippen molar-refractivity contribution in [2.45, 2.75) is 19.6 Å². The lowest BCUT2D eigenvalue weighted by atomic mass is 10.0. The van der Waals surface area contributed by atoms with E-state index in [4.69, 9.17) is 0 Å². The number of amides is 1. The number of carbonyl (C=O) groups excluding carboxylic acids is 1. The number of fused-ring (bicyclic) bond motifs is 2. The molecule has 5 nitrogen and oxygen atoms in total. The molecule has 2 aliphatic rings. The van der Waals surface area contributed by atoms with Gasteiger partial charge in [0, 0.05) is 12.7 Å². The van der Waals surface area contributed by atoms with Crippen LogP contribution in [0.2, 0.25) is 0 Å². The Morgan fingerprint density at radius 2 is 2.13 bits per heavy atom. The number of thioether (sulfide) groups is 1. The number of nitrogens with zero attached hydrogens (tertiary/aromatic N) is 2. The van der Waals surface area contributed by atoms with E-state index in [9.17, 15) is 4.79 Å². The van der Waals surface area contributed by atoms with Crippen molar-refractivity contribution in [1.82, 2.24) is 15.6 Å². The molecule has 2 heterocycles. The van der Waals surface area contributed by atoms with Crippen LogP contribution in [0, 0.1) is 0 Å². The minimum absolute atomic E-state index is 0.0980. The van der Waals surface area contributed by atoms with Crippen LogP contribution in [0.25, 0.3) is 10.8 Å². The van der Waals surface area contributed by atoms with Gasteiger partial charge in [0.05, 0.1) is 0 Å². The van der Waals surface area contributed by atoms with E-state index in [0.29, 0.717) is 11.6 Å². The van der Waals surface area contributed by atoms with Crippen molar-refractivity contribution in [1.29, 1.82) is 0 Å². The van der Waals surface area contributed by atoms with Crippen molar-refractivity contribution in [2.24, 2.45) is 5.10 Å². The van der Waals surface area contributed by atoms with Crippen molar-refractivity contribution in [3.63, 3.8) is 0 Å². The van der Waals surface area contributed by atoms with Gasteiger partial charge in [0.2, 0.25) is 0 Å². The Bertz CT molecular complexity index is 840. The lowest BCUT2D eigenvalue weighted by Crippen LogP contribution is -2.30. The first-order chi connectivity index (χ1) is 11.2. The molecule has 0 radical (unpaired) electrons. The van der Waals surface area contributed by atoms with E-state index >= 15 is 0 Å². The van der Waals surface area contributed by atoms with E-state index in [2.05, 4.69) is 33.9 Å². The van der Waals surface area contributed by atoms with Gasteiger partial charge in [-0.2, -0.15) is 5.10 Å². The highest BCUT2D eigenvalue weighted by atomic mass is 32.2. The van der Waals surface area contributed by atoms with E-state index in [1.54, 1.807) is 0 Å². The zero-order valence-corrected chi connectivity index (χ0v) is 13.4. The zero-order chi connectivity index (χ0) is 15.8. The maximum absolute atomic E-state index is 12.4. The van der Waals surface area contributed by atoms with E-state index in [1.807, 2.05) is 42.4 Å². The van der Waals surface area contributed by atoms with Crippen LogP contribution in [-0.4, -0.2) is 22.1 Å². The van der Waals surface area contributed by atoms with Crippen LogP contribution in [-0.2, 0) is 11.3 Å². The molecule has 116 valence electrons. The number of hydrazone groups is 1. The minimum Gasteiger partial charge on any atom is -0.368 e. The predicted octanol–water partition coefficient (Wildman–Crippen LogP) is 2.57. The lowest BCUT2D eigenvalue weighted by molar-refractivity contribution is -0.114. The molecule has 1 amide bonds. The Morgan fingerprint density at radius 3 is 3.00 bits per heavy atom. The highest BCUT2D eigenvalue weighted by Gasteiger charge is 2.32. The number of carbonyl (C=O) groups is 1. The van der Waals surface area contributed by atoms with Crippen LogP contribution in [0.3, 0.4) is 0 Å². The predicted molar refractivity (Wildman–Crippen MR) is 93.3 cm³/mol. The van der Waals surface area contributed by atoms with Gasteiger partial charge in [-0.15, -0.1) is 0 Å². The Kier molecular flexibility index (Phi) is 3.46. The summed E-state index contributed by atoms with van der Waals surface area (Å²) in [5.74, 6) is -0.134. The molecule has 0 bridgehead atoms. The van der Waals surface area contributed by atoms with Crippen molar-refractivity contribution in [3.05, 3.63) is 59.3 Å². The summed E-state index contributed by atoms with van der Waals surface area (Å²) in [6.45, 7) is 2.50. The van der Waals surface area contributed by atoms with Crippen molar-refractivity contribution >= 4 is 33.5 Å². The van der Waals surface area contributed by atoms with Crippen LogP contribution in [0.5, 0.6) is 0 Å². The summed E-state index contributed by atoms with van der Waals surface area (Å²) in [5, 5.41) is 16.1. The second-order valence-corrected chi connectivity index (χ2v) is 6.51. The molecule has 2 N–H and O–H groups in total. The monoisotopic (exact) mass is 324 g/mol. The molecule has 6 heteroatoms. The largest absolute Gasteiger partial charge is 0.368 e. The van der Waals surface area contributed by atoms with Gasteiger partial charge in [-0.05, 0) is 35.0 Å². The molecule has 23 heavy (non-hydrogen) atoms. The number of hydrogen-bond acceptors (Lipinski definition) is 5. The Balaban J connectivity index is 1.48. The molecule has 1 unspecified atom stereocenters. The molecule has 2 aliphatic heterocycles. The fourth-order valence-corrected chi connectivity index (χ4v) is 3.65. The molecule has 2 aromatic rings. The maximum Gasteiger partial charge on any atom is 0.279 e. The molecule has 2 aromatic carbocycles. The Hall–Kier alpha value is -2.47. The first kappa shape index (κ1) is 14.1. The first-order valence-electron chi connectivity index (χ1n) is 7.49. The highest BCUT2D eigenvalue weighted by Crippen LogP contribution is 2.33.